The largest absolute Gasteiger partial charge is 0.459 e. The van der Waals surface area contributed by atoms with Gasteiger partial charge in [-0.15, -0.1) is 0 Å². The van der Waals surface area contributed by atoms with Crippen molar-refractivity contribution in [1.82, 2.24) is 9.97 Å². The average molecular weight is 230 g/mol. The fraction of sp³-hybridized carbons (Fsp3) is 0.167. The highest BCUT2D eigenvalue weighted by Crippen LogP contribution is 2.09. The number of aromatic nitrogens is 2. The minimum Gasteiger partial charge on any atom is -0.459 e. The Morgan fingerprint density at radius 1 is 1.18 bits per heavy atom. The van der Waals surface area contributed by atoms with Crippen LogP contribution in [0.2, 0.25) is 0 Å². The molecule has 4 N–H and O–H groups in total. The zero-order chi connectivity index (χ0) is 12.1. The molecule has 0 radical (unpaired) electrons. The van der Waals surface area contributed by atoms with Crippen molar-refractivity contribution in [2.75, 3.05) is 5.73 Å². The predicted octanol–water partition coefficient (Wildman–Crippen LogP) is 1.10. The second-order valence-electron chi connectivity index (χ2n) is 3.58. The van der Waals surface area contributed by atoms with E-state index in [-0.39, 0.29) is 6.01 Å². The summed E-state index contributed by atoms with van der Waals surface area (Å²) in [6.07, 6.45) is 1.56. The van der Waals surface area contributed by atoms with Crippen LogP contribution >= 0.6 is 0 Å². The Kier molecular flexibility index (Phi) is 3.52. The molecule has 0 fully saturated rings. The summed E-state index contributed by atoms with van der Waals surface area (Å²) in [5.41, 5.74) is 13.2. The van der Waals surface area contributed by atoms with Gasteiger partial charge in [-0.25, -0.2) is 4.98 Å². The predicted molar refractivity (Wildman–Crippen MR) is 65.1 cm³/mol. The van der Waals surface area contributed by atoms with Gasteiger partial charge in [0, 0.05) is 12.7 Å². The number of anilines is 1. The molecule has 5 heteroatoms. The van der Waals surface area contributed by atoms with Crippen LogP contribution < -0.4 is 16.2 Å². The summed E-state index contributed by atoms with van der Waals surface area (Å²) in [5, 5.41) is 0. The zero-order valence-corrected chi connectivity index (χ0v) is 9.34. The van der Waals surface area contributed by atoms with Crippen LogP contribution in [0.1, 0.15) is 11.1 Å². The lowest BCUT2D eigenvalue weighted by molar-refractivity contribution is 0.281. The van der Waals surface area contributed by atoms with Crippen LogP contribution in [0.15, 0.2) is 36.5 Å². The molecule has 0 aliphatic carbocycles. The third-order valence-electron chi connectivity index (χ3n) is 2.25. The molecule has 0 amide bonds. The second-order valence-corrected chi connectivity index (χ2v) is 3.58. The lowest BCUT2D eigenvalue weighted by atomic mass is 10.1. The molecule has 88 valence electrons. The van der Waals surface area contributed by atoms with Gasteiger partial charge in [-0.3, -0.25) is 0 Å². The molecule has 0 unspecified atom stereocenters. The minimum absolute atomic E-state index is 0.281. The van der Waals surface area contributed by atoms with E-state index < -0.39 is 0 Å². The molecule has 0 bridgehead atoms. The van der Waals surface area contributed by atoms with Gasteiger partial charge in [-0.1, -0.05) is 24.3 Å². The first-order chi connectivity index (χ1) is 8.28. The molecule has 1 aromatic heterocycles. The van der Waals surface area contributed by atoms with Crippen molar-refractivity contribution in [3.8, 4) is 6.01 Å². The molecular formula is C12H14N4O. The first-order valence-electron chi connectivity index (χ1n) is 5.27. The second kappa shape index (κ2) is 5.27. The van der Waals surface area contributed by atoms with Gasteiger partial charge in [-0.2, -0.15) is 4.98 Å². The zero-order valence-electron chi connectivity index (χ0n) is 9.34. The molecule has 17 heavy (non-hydrogen) atoms. The highest BCUT2D eigenvalue weighted by atomic mass is 16.5. The maximum absolute atomic E-state index is 5.56. The number of hydrogen-bond donors (Lipinski definition) is 2. The molecule has 2 aromatic rings. The third-order valence-corrected chi connectivity index (χ3v) is 2.25. The summed E-state index contributed by atoms with van der Waals surface area (Å²) < 4.78 is 5.43. The molecule has 0 atom stereocenters. The highest BCUT2D eigenvalue weighted by molar-refractivity contribution is 5.27. The van der Waals surface area contributed by atoms with E-state index in [1.54, 1.807) is 12.3 Å². The van der Waals surface area contributed by atoms with E-state index >= 15 is 0 Å². The summed E-state index contributed by atoms with van der Waals surface area (Å²) in [6, 6.07) is 9.77. The minimum atomic E-state index is 0.281. The van der Waals surface area contributed by atoms with E-state index in [1.807, 2.05) is 24.3 Å². The summed E-state index contributed by atoms with van der Waals surface area (Å²) in [6.45, 7) is 0.917. The number of nitrogen functional groups attached to an aromatic ring is 1. The number of nitrogens with zero attached hydrogens (tertiary/aromatic N) is 2. The standard InChI is InChI=1S/C12H14N4O/c13-7-9-2-1-3-10(6-9)8-17-12-15-5-4-11(14)16-12/h1-6H,7-8,13H2,(H2,14,15,16). The monoisotopic (exact) mass is 230 g/mol. The topological polar surface area (TPSA) is 87.0 Å². The summed E-state index contributed by atoms with van der Waals surface area (Å²) in [7, 11) is 0. The fourth-order valence-corrected chi connectivity index (χ4v) is 1.42. The van der Waals surface area contributed by atoms with Crippen molar-refractivity contribution in [3.05, 3.63) is 47.7 Å². The molecule has 5 nitrogen and oxygen atoms in total. The first-order valence-corrected chi connectivity index (χ1v) is 5.27. The normalized spacial score (nSPS) is 10.2. The fourth-order valence-electron chi connectivity index (χ4n) is 1.42. The molecule has 1 aromatic carbocycles. The first kappa shape index (κ1) is 11.3. The Labute approximate surface area is 99.5 Å². The smallest absolute Gasteiger partial charge is 0.318 e. The molecule has 0 saturated carbocycles. The Morgan fingerprint density at radius 3 is 2.76 bits per heavy atom. The van der Waals surface area contributed by atoms with Crippen molar-refractivity contribution in [3.63, 3.8) is 0 Å². The van der Waals surface area contributed by atoms with Gasteiger partial charge >= 0.3 is 6.01 Å². The Hall–Kier alpha value is -2.14. The van der Waals surface area contributed by atoms with Gasteiger partial charge in [0.2, 0.25) is 0 Å². The molecular weight excluding hydrogens is 216 g/mol. The van der Waals surface area contributed by atoms with Crippen LogP contribution in [0.25, 0.3) is 0 Å². The van der Waals surface area contributed by atoms with Crippen molar-refractivity contribution in [2.24, 2.45) is 5.73 Å². The Bertz CT molecular complexity index is 501. The number of rotatable bonds is 4. The maximum Gasteiger partial charge on any atom is 0.318 e. The summed E-state index contributed by atoms with van der Waals surface area (Å²) in [5.74, 6) is 0.394. The van der Waals surface area contributed by atoms with E-state index in [9.17, 15) is 0 Å². The van der Waals surface area contributed by atoms with Crippen LogP contribution in [0, 0.1) is 0 Å². The quantitative estimate of drug-likeness (QED) is 0.821. The lowest BCUT2D eigenvalue weighted by Gasteiger charge is -2.05. The van der Waals surface area contributed by atoms with Gasteiger partial charge in [0.25, 0.3) is 0 Å². The van der Waals surface area contributed by atoms with Crippen LogP contribution in [0.4, 0.5) is 5.82 Å². The average Bonchev–Trinajstić information content (AvgIpc) is 2.37. The Balaban J connectivity index is 2.02. The molecule has 0 spiro atoms. The SMILES string of the molecule is NCc1cccc(COc2nccc(N)n2)c1. The number of nitrogens with two attached hydrogens (primary N) is 2. The van der Waals surface area contributed by atoms with E-state index in [0.29, 0.717) is 19.0 Å². The van der Waals surface area contributed by atoms with Crippen molar-refractivity contribution >= 4 is 5.82 Å². The number of ether oxygens (including phenoxy) is 1. The van der Waals surface area contributed by atoms with Crippen LogP contribution in [-0.2, 0) is 13.2 Å². The third kappa shape index (κ3) is 3.15. The van der Waals surface area contributed by atoms with Crippen molar-refractivity contribution < 1.29 is 4.74 Å². The van der Waals surface area contributed by atoms with Crippen molar-refractivity contribution in [1.29, 1.82) is 0 Å². The van der Waals surface area contributed by atoms with Crippen LogP contribution in [0.3, 0.4) is 0 Å². The van der Waals surface area contributed by atoms with E-state index in [0.717, 1.165) is 11.1 Å². The van der Waals surface area contributed by atoms with Gasteiger partial charge in [-0.05, 0) is 17.2 Å². The molecule has 0 saturated heterocycles. The van der Waals surface area contributed by atoms with Gasteiger partial charge < -0.3 is 16.2 Å². The van der Waals surface area contributed by atoms with E-state index in [2.05, 4.69) is 9.97 Å². The summed E-state index contributed by atoms with van der Waals surface area (Å²) in [4.78, 5) is 7.91. The maximum atomic E-state index is 5.56. The van der Waals surface area contributed by atoms with Crippen LogP contribution in [-0.4, -0.2) is 9.97 Å². The van der Waals surface area contributed by atoms with Crippen molar-refractivity contribution in [2.45, 2.75) is 13.2 Å². The summed E-state index contributed by atoms with van der Waals surface area (Å²) >= 11 is 0. The van der Waals surface area contributed by atoms with Gasteiger partial charge in [0.05, 0.1) is 0 Å². The van der Waals surface area contributed by atoms with E-state index in [1.165, 1.54) is 0 Å². The Morgan fingerprint density at radius 2 is 2.00 bits per heavy atom. The lowest BCUT2D eigenvalue weighted by Crippen LogP contribution is -2.02. The van der Waals surface area contributed by atoms with Gasteiger partial charge in [0.15, 0.2) is 0 Å². The molecule has 0 aliphatic rings. The number of benzene rings is 1. The van der Waals surface area contributed by atoms with E-state index in [4.69, 9.17) is 16.2 Å². The molecule has 1 heterocycles. The van der Waals surface area contributed by atoms with Gasteiger partial charge in [0.1, 0.15) is 12.4 Å². The highest BCUT2D eigenvalue weighted by Gasteiger charge is 2.00. The van der Waals surface area contributed by atoms with Crippen LogP contribution in [0.5, 0.6) is 6.01 Å². The number of hydrogen-bond acceptors (Lipinski definition) is 5. The molecule has 0 aliphatic heterocycles. The molecule has 2 rings (SSSR count).